The van der Waals surface area contributed by atoms with E-state index >= 15 is 0 Å². The van der Waals surface area contributed by atoms with Crippen LogP contribution < -0.4 is 9.47 Å². The van der Waals surface area contributed by atoms with Crippen LogP contribution >= 0.6 is 22.6 Å². The molecule has 2 aromatic carbocycles. The molecule has 0 unspecified atom stereocenters. The molecule has 0 aromatic heterocycles. The predicted octanol–water partition coefficient (Wildman–Crippen LogP) is 4.68. The van der Waals surface area contributed by atoms with E-state index in [-0.39, 0.29) is 0 Å². The van der Waals surface area contributed by atoms with Crippen molar-refractivity contribution in [3.05, 3.63) is 62.7 Å². The molecule has 0 aliphatic carbocycles. The summed E-state index contributed by atoms with van der Waals surface area (Å²) in [5, 5.41) is 8.76. The summed E-state index contributed by atoms with van der Waals surface area (Å²) in [5.41, 5.74) is 3.05. The van der Waals surface area contributed by atoms with Crippen molar-refractivity contribution in [1.29, 1.82) is 0 Å². The van der Waals surface area contributed by atoms with Gasteiger partial charge in [0.1, 0.15) is 6.61 Å². The molecule has 0 radical (unpaired) electrons. The number of ether oxygens (including phenoxy) is 2. The second-order valence-electron chi connectivity index (χ2n) is 5.15. The van der Waals surface area contributed by atoms with Crippen LogP contribution in [0.2, 0.25) is 0 Å². The van der Waals surface area contributed by atoms with Crippen LogP contribution in [0.3, 0.4) is 0 Å². The van der Waals surface area contributed by atoms with Crippen molar-refractivity contribution in [2.24, 2.45) is 0 Å². The zero-order valence-corrected chi connectivity index (χ0v) is 15.7. The van der Waals surface area contributed by atoms with Gasteiger partial charge in [0.05, 0.1) is 10.2 Å². The summed E-state index contributed by atoms with van der Waals surface area (Å²) in [7, 11) is 0. The van der Waals surface area contributed by atoms with Crippen molar-refractivity contribution < 1.29 is 19.4 Å². The van der Waals surface area contributed by atoms with Crippen LogP contribution in [-0.2, 0) is 11.4 Å². The summed E-state index contributed by atoms with van der Waals surface area (Å²) in [6.07, 6.45) is 2.65. The summed E-state index contributed by atoms with van der Waals surface area (Å²) >= 11 is 2.17. The van der Waals surface area contributed by atoms with Gasteiger partial charge in [0.2, 0.25) is 0 Å². The maximum atomic E-state index is 10.7. The van der Waals surface area contributed by atoms with Crippen LogP contribution in [0.1, 0.15) is 23.6 Å². The maximum absolute atomic E-state index is 10.7. The van der Waals surface area contributed by atoms with Crippen molar-refractivity contribution in [2.75, 3.05) is 6.61 Å². The minimum Gasteiger partial charge on any atom is -0.490 e. The van der Waals surface area contributed by atoms with Crippen LogP contribution in [0, 0.1) is 10.5 Å². The maximum Gasteiger partial charge on any atom is 0.328 e. The Morgan fingerprint density at radius 1 is 1.25 bits per heavy atom. The van der Waals surface area contributed by atoms with Gasteiger partial charge >= 0.3 is 5.97 Å². The summed E-state index contributed by atoms with van der Waals surface area (Å²) < 4.78 is 12.5. The highest BCUT2D eigenvalue weighted by Gasteiger charge is 2.12. The standard InChI is InChI=1S/C19H19IO4/c1-3-23-17-11-14(8-9-18(21)22)10-16(20)19(17)24-12-15-7-5-4-6-13(15)2/h4-11H,3,12H2,1-2H3,(H,21,22)/b9-8+. The molecule has 4 nitrogen and oxygen atoms in total. The zero-order valence-electron chi connectivity index (χ0n) is 13.6. The Hall–Kier alpha value is -2.02. The number of rotatable bonds is 7. The van der Waals surface area contributed by atoms with Gasteiger partial charge in [-0.1, -0.05) is 24.3 Å². The topological polar surface area (TPSA) is 55.8 Å². The molecule has 2 rings (SSSR count). The lowest BCUT2D eigenvalue weighted by atomic mass is 10.1. The third-order valence-electron chi connectivity index (χ3n) is 3.38. The fraction of sp³-hybridized carbons (Fsp3) is 0.211. The first kappa shape index (κ1) is 18.3. The number of carbonyl (C=O) groups is 1. The van der Waals surface area contributed by atoms with Gasteiger partial charge < -0.3 is 14.6 Å². The first-order chi connectivity index (χ1) is 11.5. The number of aliphatic carboxylic acids is 1. The highest BCUT2D eigenvalue weighted by Crippen LogP contribution is 2.35. The van der Waals surface area contributed by atoms with E-state index in [1.165, 1.54) is 11.6 Å². The van der Waals surface area contributed by atoms with Crippen LogP contribution in [0.5, 0.6) is 11.5 Å². The number of aryl methyl sites for hydroxylation is 1. The van der Waals surface area contributed by atoms with Gasteiger partial charge in [-0.2, -0.15) is 0 Å². The summed E-state index contributed by atoms with van der Waals surface area (Å²) in [6.45, 7) is 4.90. The van der Waals surface area contributed by atoms with E-state index in [0.29, 0.717) is 24.7 Å². The second kappa shape index (κ2) is 8.73. The molecule has 0 amide bonds. The third-order valence-corrected chi connectivity index (χ3v) is 4.18. The number of carboxylic acid groups (broad SMARTS) is 1. The molecule has 0 saturated carbocycles. The van der Waals surface area contributed by atoms with E-state index < -0.39 is 5.97 Å². The molecule has 126 valence electrons. The minimum atomic E-state index is -0.983. The lowest BCUT2D eigenvalue weighted by molar-refractivity contribution is -0.131. The Morgan fingerprint density at radius 2 is 2.00 bits per heavy atom. The lowest BCUT2D eigenvalue weighted by Gasteiger charge is -2.15. The molecule has 1 N–H and O–H groups in total. The van der Waals surface area contributed by atoms with Gasteiger partial charge in [0.25, 0.3) is 0 Å². The van der Waals surface area contributed by atoms with Crippen molar-refractivity contribution >= 4 is 34.6 Å². The molecule has 0 fully saturated rings. The molecule has 2 aromatic rings. The Morgan fingerprint density at radius 3 is 2.67 bits per heavy atom. The van der Waals surface area contributed by atoms with Gasteiger partial charge in [-0.05, 0) is 71.3 Å². The normalized spacial score (nSPS) is 10.8. The molecular weight excluding hydrogens is 419 g/mol. The van der Waals surface area contributed by atoms with Crippen molar-refractivity contribution in [2.45, 2.75) is 20.5 Å². The molecule has 0 bridgehead atoms. The Kier molecular flexibility index (Phi) is 6.66. The highest BCUT2D eigenvalue weighted by molar-refractivity contribution is 14.1. The number of hydrogen-bond acceptors (Lipinski definition) is 3. The molecule has 0 saturated heterocycles. The third kappa shape index (κ3) is 4.99. The summed E-state index contributed by atoms with van der Waals surface area (Å²) in [4.78, 5) is 10.7. The van der Waals surface area contributed by atoms with E-state index in [1.807, 2.05) is 44.2 Å². The molecule has 5 heteroatoms. The van der Waals surface area contributed by atoms with E-state index in [2.05, 4.69) is 22.6 Å². The van der Waals surface area contributed by atoms with Crippen LogP contribution in [0.4, 0.5) is 0 Å². The molecule has 0 atom stereocenters. The number of carboxylic acids is 1. The Bertz CT molecular complexity index is 753. The first-order valence-corrected chi connectivity index (χ1v) is 8.63. The van der Waals surface area contributed by atoms with Crippen molar-refractivity contribution in [3.8, 4) is 11.5 Å². The molecule has 0 aliphatic heterocycles. The summed E-state index contributed by atoms with van der Waals surface area (Å²) in [6, 6.07) is 11.7. The molecule has 0 aliphatic rings. The van der Waals surface area contributed by atoms with Gasteiger partial charge in [-0.25, -0.2) is 4.79 Å². The fourth-order valence-electron chi connectivity index (χ4n) is 2.18. The summed E-state index contributed by atoms with van der Waals surface area (Å²) in [5.74, 6) is 0.305. The van der Waals surface area contributed by atoms with Gasteiger partial charge in [-0.3, -0.25) is 0 Å². The van der Waals surface area contributed by atoms with Gasteiger partial charge in [0, 0.05) is 6.08 Å². The quantitative estimate of drug-likeness (QED) is 0.504. The van der Waals surface area contributed by atoms with Crippen LogP contribution in [-0.4, -0.2) is 17.7 Å². The lowest BCUT2D eigenvalue weighted by Crippen LogP contribution is -2.03. The molecule has 0 spiro atoms. The highest BCUT2D eigenvalue weighted by atomic mass is 127. The van der Waals surface area contributed by atoms with Gasteiger partial charge in [0.15, 0.2) is 11.5 Å². The first-order valence-electron chi connectivity index (χ1n) is 7.56. The Balaban J connectivity index is 2.27. The van der Waals surface area contributed by atoms with E-state index in [9.17, 15) is 4.79 Å². The van der Waals surface area contributed by atoms with Crippen LogP contribution in [0.25, 0.3) is 6.08 Å². The average molecular weight is 438 g/mol. The molecule has 0 heterocycles. The molecular formula is C19H19IO4. The van der Waals surface area contributed by atoms with Gasteiger partial charge in [-0.15, -0.1) is 0 Å². The largest absolute Gasteiger partial charge is 0.490 e. The number of benzene rings is 2. The molecule has 24 heavy (non-hydrogen) atoms. The van der Waals surface area contributed by atoms with Crippen molar-refractivity contribution in [1.82, 2.24) is 0 Å². The zero-order chi connectivity index (χ0) is 17.5. The van der Waals surface area contributed by atoms with E-state index in [4.69, 9.17) is 14.6 Å². The fourth-order valence-corrected chi connectivity index (χ4v) is 2.96. The minimum absolute atomic E-state index is 0.451. The smallest absolute Gasteiger partial charge is 0.328 e. The van der Waals surface area contributed by atoms with Crippen LogP contribution in [0.15, 0.2) is 42.5 Å². The van der Waals surface area contributed by atoms with Crippen molar-refractivity contribution in [3.63, 3.8) is 0 Å². The van der Waals surface area contributed by atoms with E-state index in [1.54, 1.807) is 6.07 Å². The second-order valence-corrected chi connectivity index (χ2v) is 6.31. The number of hydrogen-bond donors (Lipinski definition) is 1. The predicted molar refractivity (Wildman–Crippen MR) is 103 cm³/mol. The monoisotopic (exact) mass is 438 g/mol. The van der Waals surface area contributed by atoms with E-state index in [0.717, 1.165) is 20.8 Å². The Labute approximate surface area is 155 Å². The average Bonchev–Trinajstić information content (AvgIpc) is 2.54. The SMILES string of the molecule is CCOc1cc(/C=C/C(=O)O)cc(I)c1OCc1ccccc1C. The number of halogens is 1.